The SMILES string of the molecule is CC(C)[Si](C#Cc1ccncc1C#CC#Cc1ccncc1C#C[Si](C(C)C)(C(C)C)C(C)C)(C(C)C)C(C)C. The number of hydrogen-bond donors (Lipinski definition) is 0. The van der Waals surface area contributed by atoms with Gasteiger partial charge < -0.3 is 0 Å². The molecule has 0 aromatic carbocycles. The van der Waals surface area contributed by atoms with Gasteiger partial charge in [-0.3, -0.25) is 9.97 Å². The van der Waals surface area contributed by atoms with Crippen LogP contribution in [0.2, 0.25) is 33.2 Å². The van der Waals surface area contributed by atoms with Crippen molar-refractivity contribution in [3.8, 4) is 46.6 Å². The number of aromatic nitrogens is 2. The highest BCUT2D eigenvalue weighted by molar-refractivity contribution is 6.91. The van der Waals surface area contributed by atoms with Gasteiger partial charge in [-0.05, 0) is 63.1 Å². The maximum atomic E-state index is 4.33. The van der Waals surface area contributed by atoms with Crippen molar-refractivity contribution in [1.82, 2.24) is 9.97 Å². The predicted octanol–water partition coefficient (Wildman–Crippen LogP) is 9.02. The Balaban J connectivity index is 2.48. The van der Waals surface area contributed by atoms with Gasteiger partial charge in [0, 0.05) is 35.9 Å². The minimum absolute atomic E-state index is 0.572. The number of pyridine rings is 2. The molecule has 0 amide bonds. The Morgan fingerprint density at radius 3 is 1.12 bits per heavy atom. The normalized spacial score (nSPS) is 11.6. The van der Waals surface area contributed by atoms with Crippen LogP contribution in [-0.2, 0) is 0 Å². The number of nitrogens with zero attached hydrogens (tertiary/aromatic N) is 2. The van der Waals surface area contributed by atoms with E-state index in [0.717, 1.165) is 22.3 Å². The van der Waals surface area contributed by atoms with Crippen LogP contribution in [0, 0.1) is 46.6 Å². The molecule has 2 rings (SSSR count). The minimum atomic E-state index is -1.85. The maximum absolute atomic E-state index is 4.33. The summed E-state index contributed by atoms with van der Waals surface area (Å²) in [6.07, 6.45) is 7.18. The molecule has 0 atom stereocenters. The molecule has 0 N–H and O–H groups in total. The molecular formula is C36H48N2Si2. The highest BCUT2D eigenvalue weighted by Crippen LogP contribution is 2.41. The summed E-state index contributed by atoms with van der Waals surface area (Å²) < 4.78 is 0. The highest BCUT2D eigenvalue weighted by atomic mass is 28.3. The Morgan fingerprint density at radius 2 is 0.750 bits per heavy atom. The van der Waals surface area contributed by atoms with Gasteiger partial charge in [-0.1, -0.05) is 101 Å². The molecule has 0 aliphatic rings. The van der Waals surface area contributed by atoms with E-state index in [1.807, 2.05) is 18.3 Å². The van der Waals surface area contributed by atoms with E-state index in [0.29, 0.717) is 33.2 Å². The molecule has 4 heteroatoms. The highest BCUT2D eigenvalue weighted by Gasteiger charge is 2.42. The molecule has 2 aromatic heterocycles. The van der Waals surface area contributed by atoms with Crippen molar-refractivity contribution in [2.45, 2.75) is 116 Å². The van der Waals surface area contributed by atoms with Crippen LogP contribution in [0.15, 0.2) is 36.9 Å². The van der Waals surface area contributed by atoms with E-state index in [1.165, 1.54) is 0 Å². The van der Waals surface area contributed by atoms with Crippen molar-refractivity contribution in [2.75, 3.05) is 0 Å². The molecule has 0 aliphatic carbocycles. The van der Waals surface area contributed by atoms with E-state index in [-0.39, 0.29) is 0 Å². The number of hydrogen-bond acceptors (Lipinski definition) is 2. The third-order valence-electron chi connectivity index (χ3n) is 8.66. The predicted molar refractivity (Wildman–Crippen MR) is 178 cm³/mol. The van der Waals surface area contributed by atoms with Crippen molar-refractivity contribution >= 4 is 16.1 Å². The zero-order valence-corrected chi connectivity index (χ0v) is 28.8. The minimum Gasteiger partial charge on any atom is -0.263 e. The Labute approximate surface area is 247 Å². The molecule has 0 unspecified atom stereocenters. The van der Waals surface area contributed by atoms with E-state index in [9.17, 15) is 0 Å². The van der Waals surface area contributed by atoms with Crippen LogP contribution < -0.4 is 0 Å². The van der Waals surface area contributed by atoms with Gasteiger partial charge in [-0.15, -0.1) is 11.1 Å². The van der Waals surface area contributed by atoms with Gasteiger partial charge >= 0.3 is 0 Å². The lowest BCUT2D eigenvalue weighted by atomic mass is 10.1. The molecule has 0 fully saturated rings. The first-order valence-corrected chi connectivity index (χ1v) is 19.2. The number of rotatable bonds is 6. The van der Waals surface area contributed by atoms with Gasteiger partial charge in [-0.2, -0.15) is 0 Å². The third kappa shape index (κ3) is 7.38. The zero-order chi connectivity index (χ0) is 30.1. The summed E-state index contributed by atoms with van der Waals surface area (Å²) in [6.45, 7) is 28.0. The van der Waals surface area contributed by atoms with Crippen LogP contribution >= 0.6 is 0 Å². The average Bonchev–Trinajstić information content (AvgIpc) is 2.87. The standard InChI is InChI=1S/C36H48N2Si2/c1-27(2)39(28(3)4,29(5)6)23-19-34-18-22-37-25-35(34)16-14-13-15-33-17-21-38-26-36(33)20-24-40(30(7)8,31(9)10)32(11)12/h17-18,21-22,25-32H,1-12H3. The van der Waals surface area contributed by atoms with Crippen LogP contribution in [0.1, 0.15) is 105 Å². The van der Waals surface area contributed by atoms with Crippen LogP contribution in [-0.4, -0.2) is 26.1 Å². The molecule has 0 saturated carbocycles. The summed E-state index contributed by atoms with van der Waals surface area (Å²) in [7, 11) is -3.69. The van der Waals surface area contributed by atoms with Gasteiger partial charge in [-0.25, -0.2) is 0 Å². The summed E-state index contributed by atoms with van der Waals surface area (Å²) in [5.41, 5.74) is 14.5. The summed E-state index contributed by atoms with van der Waals surface area (Å²) in [5, 5.41) is 0. The van der Waals surface area contributed by atoms with Crippen molar-refractivity contribution in [1.29, 1.82) is 0 Å². The molecular weight excluding hydrogens is 517 g/mol. The third-order valence-corrected chi connectivity index (χ3v) is 21.2. The Morgan fingerprint density at radius 1 is 0.450 bits per heavy atom. The summed E-state index contributed by atoms with van der Waals surface area (Å²) >= 11 is 0. The molecule has 2 heterocycles. The monoisotopic (exact) mass is 564 g/mol. The molecule has 0 aliphatic heterocycles. The van der Waals surface area contributed by atoms with Crippen LogP contribution in [0.4, 0.5) is 0 Å². The molecule has 0 bridgehead atoms. The second-order valence-corrected chi connectivity index (χ2v) is 23.8. The molecule has 210 valence electrons. The first kappa shape index (κ1) is 33.2. The molecule has 2 nitrogen and oxygen atoms in total. The maximum Gasteiger partial charge on any atom is 0.146 e. The average molecular weight is 565 g/mol. The van der Waals surface area contributed by atoms with Crippen LogP contribution in [0.25, 0.3) is 0 Å². The van der Waals surface area contributed by atoms with Crippen molar-refractivity contribution in [2.24, 2.45) is 0 Å². The Bertz CT molecular complexity index is 1250. The fourth-order valence-electron chi connectivity index (χ4n) is 6.62. The second-order valence-electron chi connectivity index (χ2n) is 12.6. The molecule has 40 heavy (non-hydrogen) atoms. The summed E-state index contributed by atoms with van der Waals surface area (Å²) in [5.74, 6) is 19.5. The fraction of sp³-hybridized carbons (Fsp3) is 0.500. The van der Waals surface area contributed by atoms with Crippen molar-refractivity contribution in [3.63, 3.8) is 0 Å². The lowest BCUT2D eigenvalue weighted by molar-refractivity contribution is 0.838. The zero-order valence-electron chi connectivity index (χ0n) is 26.8. The van der Waals surface area contributed by atoms with E-state index in [1.54, 1.807) is 18.6 Å². The smallest absolute Gasteiger partial charge is 0.146 e. The molecule has 0 spiro atoms. The topological polar surface area (TPSA) is 25.8 Å². The molecule has 0 saturated heterocycles. The summed E-state index contributed by atoms with van der Waals surface area (Å²) in [4.78, 5) is 8.64. The lowest BCUT2D eigenvalue weighted by Gasteiger charge is -2.38. The fourth-order valence-corrected chi connectivity index (χ4v) is 17.1. The van der Waals surface area contributed by atoms with Crippen LogP contribution in [0.5, 0.6) is 0 Å². The van der Waals surface area contributed by atoms with E-state index in [2.05, 4.69) is 140 Å². The van der Waals surface area contributed by atoms with Gasteiger partial charge in [0.1, 0.15) is 16.1 Å². The molecule has 2 aromatic rings. The summed E-state index contributed by atoms with van der Waals surface area (Å²) in [6, 6.07) is 3.90. The quantitative estimate of drug-likeness (QED) is 0.258. The van der Waals surface area contributed by atoms with Gasteiger partial charge in [0.15, 0.2) is 0 Å². The molecule has 0 radical (unpaired) electrons. The van der Waals surface area contributed by atoms with Crippen molar-refractivity contribution < 1.29 is 0 Å². The second kappa shape index (κ2) is 14.6. The lowest BCUT2D eigenvalue weighted by Crippen LogP contribution is -2.43. The van der Waals surface area contributed by atoms with E-state index >= 15 is 0 Å². The Hall–Kier alpha value is -3.03. The van der Waals surface area contributed by atoms with Crippen molar-refractivity contribution in [3.05, 3.63) is 59.2 Å². The van der Waals surface area contributed by atoms with E-state index in [4.69, 9.17) is 0 Å². The van der Waals surface area contributed by atoms with E-state index < -0.39 is 16.1 Å². The first-order valence-electron chi connectivity index (χ1n) is 14.8. The van der Waals surface area contributed by atoms with Gasteiger partial charge in [0.2, 0.25) is 0 Å². The van der Waals surface area contributed by atoms with Crippen LogP contribution in [0.3, 0.4) is 0 Å². The first-order chi connectivity index (χ1) is 18.8. The Kier molecular flexibility index (Phi) is 12.1. The van der Waals surface area contributed by atoms with Gasteiger partial charge in [0.25, 0.3) is 0 Å². The van der Waals surface area contributed by atoms with Gasteiger partial charge in [0.05, 0.1) is 11.1 Å². The largest absolute Gasteiger partial charge is 0.263 e.